The van der Waals surface area contributed by atoms with Crippen LogP contribution in [0.25, 0.3) is 10.9 Å². The summed E-state index contributed by atoms with van der Waals surface area (Å²) >= 11 is 0. The third-order valence-electron chi connectivity index (χ3n) is 9.76. The first-order valence-corrected chi connectivity index (χ1v) is 16.5. The summed E-state index contributed by atoms with van der Waals surface area (Å²) in [7, 11) is 0. The van der Waals surface area contributed by atoms with Gasteiger partial charge in [-0.15, -0.1) is 0 Å². The van der Waals surface area contributed by atoms with Gasteiger partial charge in [-0.2, -0.15) is 0 Å². The van der Waals surface area contributed by atoms with Gasteiger partial charge in [0.2, 0.25) is 0 Å². The second-order valence-corrected chi connectivity index (χ2v) is 12.9. The Morgan fingerprint density at radius 2 is 1.60 bits per heavy atom. The number of piperazine rings is 1. The van der Waals surface area contributed by atoms with E-state index in [0.29, 0.717) is 18.1 Å². The van der Waals surface area contributed by atoms with Gasteiger partial charge in [-0.25, -0.2) is 0 Å². The minimum Gasteiger partial charge on any atom is -0.369 e. The second-order valence-electron chi connectivity index (χ2n) is 12.9. The van der Waals surface area contributed by atoms with Gasteiger partial charge in [-0.3, -0.25) is 14.6 Å². The number of aromatic nitrogens is 1. The van der Waals surface area contributed by atoms with Crippen molar-refractivity contribution in [1.29, 1.82) is 0 Å². The molecule has 5 nitrogen and oxygen atoms in total. The average molecular weight is 577 g/mol. The number of carbonyl (C=O) groups is 1. The van der Waals surface area contributed by atoms with E-state index in [4.69, 9.17) is 0 Å². The smallest absolute Gasteiger partial charge is 0.162 e. The molecule has 0 amide bonds. The zero-order valence-corrected chi connectivity index (χ0v) is 25.9. The van der Waals surface area contributed by atoms with Crippen LogP contribution in [0.3, 0.4) is 0 Å². The van der Waals surface area contributed by atoms with Crippen LogP contribution in [0.2, 0.25) is 0 Å². The third kappa shape index (κ3) is 7.95. The molecule has 0 atom stereocenters. The Labute approximate surface area is 257 Å². The van der Waals surface area contributed by atoms with Crippen molar-refractivity contribution in [2.24, 2.45) is 5.92 Å². The summed E-state index contributed by atoms with van der Waals surface area (Å²) < 4.78 is 0. The number of benzene rings is 3. The van der Waals surface area contributed by atoms with E-state index in [2.05, 4.69) is 106 Å². The minimum absolute atomic E-state index is 0.297. The van der Waals surface area contributed by atoms with Gasteiger partial charge < -0.3 is 9.88 Å². The number of ketones is 1. The lowest BCUT2D eigenvalue weighted by Gasteiger charge is -2.36. The van der Waals surface area contributed by atoms with E-state index in [0.717, 1.165) is 64.2 Å². The number of H-pyrrole nitrogens is 1. The lowest BCUT2D eigenvalue weighted by atomic mass is 9.90. The van der Waals surface area contributed by atoms with Crippen LogP contribution in [0.4, 0.5) is 5.69 Å². The van der Waals surface area contributed by atoms with Gasteiger partial charge in [0, 0.05) is 67.5 Å². The zero-order chi connectivity index (χ0) is 29.4. The van der Waals surface area contributed by atoms with Crippen LogP contribution in [0.1, 0.15) is 65.6 Å². The monoisotopic (exact) mass is 576 g/mol. The van der Waals surface area contributed by atoms with Gasteiger partial charge in [0.15, 0.2) is 5.78 Å². The summed E-state index contributed by atoms with van der Waals surface area (Å²) in [6.07, 6.45) is 9.89. The summed E-state index contributed by atoms with van der Waals surface area (Å²) in [5.41, 5.74) is 7.54. The van der Waals surface area contributed by atoms with Gasteiger partial charge in [0.05, 0.1) is 0 Å². The molecule has 2 aliphatic rings. The molecule has 0 aliphatic carbocycles. The Morgan fingerprint density at radius 3 is 2.37 bits per heavy atom. The van der Waals surface area contributed by atoms with Gasteiger partial charge in [-0.1, -0.05) is 42.0 Å². The summed E-state index contributed by atoms with van der Waals surface area (Å²) in [6, 6.07) is 25.9. The molecule has 2 saturated heterocycles. The summed E-state index contributed by atoms with van der Waals surface area (Å²) in [6.45, 7) is 11.0. The van der Waals surface area contributed by atoms with Crippen LogP contribution in [-0.4, -0.2) is 66.4 Å². The minimum atomic E-state index is 0.297. The molecule has 2 fully saturated rings. The standard InChI is InChI=1S/C38H48N4O/c1-30-10-16-37-36(27-30)34(28-39-37)9-5-6-20-40-23-25-42(26-24-40)35-14-12-33(13-15-35)38(43)17-11-31-18-21-41(22-19-31)29-32-7-3-2-4-8-32/h2-4,7-8,10,12-16,27-28,31,39H,5-6,9,11,17-26,29H2,1H3. The molecule has 0 bridgehead atoms. The van der Waals surface area contributed by atoms with Gasteiger partial charge >= 0.3 is 0 Å². The van der Waals surface area contributed by atoms with Crippen LogP contribution in [-0.2, 0) is 13.0 Å². The van der Waals surface area contributed by atoms with Crippen molar-refractivity contribution >= 4 is 22.4 Å². The van der Waals surface area contributed by atoms with E-state index in [1.165, 1.54) is 65.5 Å². The van der Waals surface area contributed by atoms with E-state index >= 15 is 0 Å². The molecule has 226 valence electrons. The van der Waals surface area contributed by atoms with Crippen molar-refractivity contribution in [3.8, 4) is 0 Å². The van der Waals surface area contributed by atoms with Crippen molar-refractivity contribution in [3.63, 3.8) is 0 Å². The van der Waals surface area contributed by atoms with E-state index in [1.807, 2.05) is 0 Å². The predicted octanol–water partition coefficient (Wildman–Crippen LogP) is 7.50. The maximum atomic E-state index is 13.0. The number of anilines is 1. The molecule has 0 radical (unpaired) electrons. The molecule has 2 aliphatic heterocycles. The number of carbonyl (C=O) groups excluding carboxylic acids is 1. The number of piperidine rings is 1. The Bertz CT molecular complexity index is 1440. The van der Waals surface area contributed by atoms with Crippen LogP contribution < -0.4 is 4.90 Å². The van der Waals surface area contributed by atoms with Gasteiger partial charge in [0.25, 0.3) is 0 Å². The van der Waals surface area contributed by atoms with Crippen LogP contribution in [0.5, 0.6) is 0 Å². The maximum Gasteiger partial charge on any atom is 0.162 e. The quantitative estimate of drug-likeness (QED) is 0.140. The van der Waals surface area contributed by atoms with Crippen molar-refractivity contribution in [1.82, 2.24) is 14.8 Å². The van der Waals surface area contributed by atoms with Crippen LogP contribution >= 0.6 is 0 Å². The zero-order valence-electron chi connectivity index (χ0n) is 25.9. The van der Waals surface area contributed by atoms with E-state index in [-0.39, 0.29) is 0 Å². The molecule has 6 rings (SSSR count). The van der Waals surface area contributed by atoms with Gasteiger partial charge in [-0.05, 0) is 119 Å². The Morgan fingerprint density at radius 1 is 0.837 bits per heavy atom. The van der Waals surface area contributed by atoms with Crippen molar-refractivity contribution in [2.45, 2.75) is 58.4 Å². The fourth-order valence-electron chi connectivity index (χ4n) is 6.99. The SMILES string of the molecule is Cc1ccc2[nH]cc(CCCCN3CCN(c4ccc(C(=O)CCC5CCN(Cc6ccccc6)CC5)cc4)CC3)c2c1. The number of fused-ring (bicyclic) bond motifs is 1. The number of unbranched alkanes of at least 4 members (excludes halogenated alkanes) is 1. The highest BCUT2D eigenvalue weighted by Gasteiger charge is 2.21. The molecule has 3 heterocycles. The molecule has 3 aromatic carbocycles. The number of nitrogens with one attached hydrogen (secondary N) is 1. The molecule has 1 aromatic heterocycles. The average Bonchev–Trinajstić information content (AvgIpc) is 3.45. The fourth-order valence-corrected chi connectivity index (χ4v) is 6.99. The molecular weight excluding hydrogens is 528 g/mol. The third-order valence-corrected chi connectivity index (χ3v) is 9.76. The largest absolute Gasteiger partial charge is 0.369 e. The van der Waals surface area contributed by atoms with Crippen molar-refractivity contribution in [3.05, 3.63) is 101 Å². The fraction of sp³-hybridized carbons (Fsp3) is 0.447. The topological polar surface area (TPSA) is 42.6 Å². The maximum absolute atomic E-state index is 13.0. The van der Waals surface area contributed by atoms with Crippen molar-refractivity contribution < 1.29 is 4.79 Å². The normalized spacial score (nSPS) is 17.1. The molecule has 0 saturated carbocycles. The number of aryl methyl sites for hydroxylation is 2. The Hall–Kier alpha value is -3.41. The Balaban J connectivity index is 0.872. The summed E-state index contributed by atoms with van der Waals surface area (Å²) in [4.78, 5) is 24.0. The molecule has 0 spiro atoms. The number of nitrogens with zero attached hydrogens (tertiary/aromatic N) is 3. The lowest BCUT2D eigenvalue weighted by molar-refractivity contribution is 0.0961. The van der Waals surface area contributed by atoms with Crippen LogP contribution in [0, 0.1) is 12.8 Å². The highest BCUT2D eigenvalue weighted by molar-refractivity contribution is 5.96. The van der Waals surface area contributed by atoms with Crippen molar-refractivity contribution in [2.75, 3.05) is 50.7 Å². The van der Waals surface area contributed by atoms with Gasteiger partial charge in [0.1, 0.15) is 0 Å². The first-order valence-electron chi connectivity index (χ1n) is 16.5. The Kier molecular flexibility index (Phi) is 9.91. The molecule has 5 heteroatoms. The number of hydrogen-bond acceptors (Lipinski definition) is 4. The highest BCUT2D eigenvalue weighted by atomic mass is 16.1. The van der Waals surface area contributed by atoms with Crippen LogP contribution in [0.15, 0.2) is 79.0 Å². The highest BCUT2D eigenvalue weighted by Crippen LogP contribution is 2.25. The number of aromatic amines is 1. The molecule has 43 heavy (non-hydrogen) atoms. The predicted molar refractivity (Wildman–Crippen MR) is 179 cm³/mol. The van der Waals surface area contributed by atoms with E-state index in [9.17, 15) is 4.79 Å². The lowest BCUT2D eigenvalue weighted by Crippen LogP contribution is -2.46. The molecule has 0 unspecified atom stereocenters. The number of likely N-dealkylation sites (tertiary alicyclic amines) is 1. The number of rotatable bonds is 12. The van der Waals surface area contributed by atoms with E-state index in [1.54, 1.807) is 0 Å². The second kappa shape index (κ2) is 14.4. The number of hydrogen-bond donors (Lipinski definition) is 1. The first-order chi connectivity index (χ1) is 21.1. The number of Topliss-reactive ketones (excluding diaryl/α,β-unsaturated/α-hetero) is 1. The van der Waals surface area contributed by atoms with E-state index < -0.39 is 0 Å². The summed E-state index contributed by atoms with van der Waals surface area (Å²) in [5, 5.41) is 1.39. The molecule has 4 aromatic rings. The molecular formula is C38H48N4O. The first kappa shape index (κ1) is 29.7. The molecule has 1 N–H and O–H groups in total. The summed E-state index contributed by atoms with van der Waals surface area (Å²) in [5.74, 6) is 0.968.